The summed E-state index contributed by atoms with van der Waals surface area (Å²) in [5, 5.41) is 2.73. The molecule has 0 radical (unpaired) electrons. The first-order valence-corrected chi connectivity index (χ1v) is 9.58. The van der Waals surface area contributed by atoms with Crippen LogP contribution in [-0.4, -0.2) is 37.6 Å². The van der Waals surface area contributed by atoms with Crippen molar-refractivity contribution in [2.45, 2.75) is 39.2 Å². The van der Waals surface area contributed by atoms with Crippen molar-refractivity contribution in [3.05, 3.63) is 47.5 Å². The number of amides is 1. The number of hydrogen-bond donors (Lipinski definition) is 1. The summed E-state index contributed by atoms with van der Waals surface area (Å²) in [6.07, 6.45) is 2.07. The number of methoxy groups -OCH3 is 1. The lowest BCUT2D eigenvalue weighted by atomic mass is 9.75. The fourth-order valence-electron chi connectivity index (χ4n) is 4.25. The molecule has 3 unspecified atom stereocenters. The van der Waals surface area contributed by atoms with Crippen molar-refractivity contribution in [3.8, 4) is 0 Å². The van der Waals surface area contributed by atoms with Crippen molar-refractivity contribution in [1.29, 1.82) is 0 Å². The van der Waals surface area contributed by atoms with Crippen molar-refractivity contribution >= 4 is 17.8 Å². The quantitative estimate of drug-likeness (QED) is 0.601. The number of cyclic esters (lactones) is 1. The Morgan fingerprint density at radius 1 is 1.32 bits per heavy atom. The van der Waals surface area contributed by atoms with Crippen molar-refractivity contribution in [1.82, 2.24) is 5.32 Å². The van der Waals surface area contributed by atoms with E-state index in [4.69, 9.17) is 9.47 Å². The Hall–Kier alpha value is -2.63. The minimum Gasteiger partial charge on any atom is -0.467 e. The number of esters is 2. The summed E-state index contributed by atoms with van der Waals surface area (Å²) in [6.45, 7) is 8.21. The van der Waals surface area contributed by atoms with E-state index in [1.165, 1.54) is 7.11 Å². The molecule has 1 saturated heterocycles. The number of rotatable bonds is 6. The molecule has 3 atom stereocenters. The van der Waals surface area contributed by atoms with Crippen molar-refractivity contribution in [2.75, 3.05) is 13.7 Å². The van der Waals surface area contributed by atoms with Gasteiger partial charge in [0.1, 0.15) is 6.04 Å². The van der Waals surface area contributed by atoms with E-state index in [-0.39, 0.29) is 23.7 Å². The van der Waals surface area contributed by atoms with Gasteiger partial charge in [0.15, 0.2) is 0 Å². The standard InChI is InChI=1S/C22H27NO5/c1-13(2)18(20(25)27-4)23-19(24)16-7-5-15(6-8-16)11-22-10-14(3)9-17(22)12-28-21(22)26/h5-8,13,17-18H,3,9-12H2,1-2,4H3,(H,23,24). The number of allylic oxidation sites excluding steroid dienone is 1. The summed E-state index contributed by atoms with van der Waals surface area (Å²) in [6, 6.07) is 6.45. The molecular weight excluding hydrogens is 358 g/mol. The van der Waals surface area contributed by atoms with Crippen LogP contribution in [0.2, 0.25) is 0 Å². The van der Waals surface area contributed by atoms with Gasteiger partial charge in [0.25, 0.3) is 5.91 Å². The Labute approximate surface area is 165 Å². The van der Waals surface area contributed by atoms with Crippen LogP contribution in [0.5, 0.6) is 0 Å². The molecule has 1 aromatic carbocycles. The minimum atomic E-state index is -0.699. The van der Waals surface area contributed by atoms with Crippen LogP contribution in [0.25, 0.3) is 0 Å². The maximum atomic E-state index is 12.5. The first-order valence-electron chi connectivity index (χ1n) is 9.58. The number of hydrogen-bond acceptors (Lipinski definition) is 5. The van der Waals surface area contributed by atoms with Crippen LogP contribution in [0.15, 0.2) is 36.4 Å². The number of ether oxygens (including phenoxy) is 2. The number of carbonyl (C=O) groups excluding carboxylic acids is 3. The molecule has 6 heteroatoms. The van der Waals surface area contributed by atoms with Gasteiger partial charge in [-0.1, -0.05) is 38.1 Å². The number of benzene rings is 1. The molecule has 1 aliphatic heterocycles. The Morgan fingerprint density at radius 3 is 2.61 bits per heavy atom. The van der Waals surface area contributed by atoms with E-state index in [0.29, 0.717) is 25.0 Å². The van der Waals surface area contributed by atoms with Crippen LogP contribution in [0.1, 0.15) is 42.6 Å². The maximum absolute atomic E-state index is 12.5. The lowest BCUT2D eigenvalue weighted by Gasteiger charge is -2.24. The van der Waals surface area contributed by atoms with E-state index in [9.17, 15) is 14.4 Å². The van der Waals surface area contributed by atoms with E-state index in [2.05, 4.69) is 11.9 Å². The van der Waals surface area contributed by atoms with E-state index in [1.807, 2.05) is 26.0 Å². The van der Waals surface area contributed by atoms with Gasteiger partial charge in [0, 0.05) is 11.5 Å². The molecule has 1 aliphatic carbocycles. The zero-order chi connectivity index (χ0) is 20.5. The van der Waals surface area contributed by atoms with E-state index < -0.39 is 17.4 Å². The summed E-state index contributed by atoms with van der Waals surface area (Å²) in [5.74, 6) is -0.846. The molecule has 1 saturated carbocycles. The third-order valence-electron chi connectivity index (χ3n) is 5.85. The molecule has 1 amide bonds. The molecule has 150 valence electrons. The van der Waals surface area contributed by atoms with Crippen LogP contribution >= 0.6 is 0 Å². The molecule has 2 fully saturated rings. The van der Waals surface area contributed by atoms with E-state index >= 15 is 0 Å². The fourth-order valence-corrected chi connectivity index (χ4v) is 4.25. The second kappa shape index (κ2) is 7.78. The largest absolute Gasteiger partial charge is 0.467 e. The van der Waals surface area contributed by atoms with Crippen LogP contribution in [-0.2, 0) is 25.5 Å². The second-order valence-electron chi connectivity index (χ2n) is 8.17. The summed E-state index contributed by atoms with van der Waals surface area (Å²) in [5.41, 5.74) is 2.01. The number of nitrogens with one attached hydrogen (secondary N) is 1. The molecule has 6 nitrogen and oxygen atoms in total. The molecular formula is C22H27NO5. The maximum Gasteiger partial charge on any atom is 0.328 e. The highest BCUT2D eigenvalue weighted by Gasteiger charge is 2.55. The van der Waals surface area contributed by atoms with Crippen molar-refractivity contribution in [3.63, 3.8) is 0 Å². The summed E-state index contributed by atoms with van der Waals surface area (Å²) >= 11 is 0. The topological polar surface area (TPSA) is 81.7 Å². The predicted molar refractivity (Wildman–Crippen MR) is 104 cm³/mol. The zero-order valence-electron chi connectivity index (χ0n) is 16.6. The Morgan fingerprint density at radius 2 is 2.00 bits per heavy atom. The third-order valence-corrected chi connectivity index (χ3v) is 5.85. The molecule has 2 aliphatic rings. The monoisotopic (exact) mass is 385 g/mol. The van der Waals surface area contributed by atoms with E-state index in [0.717, 1.165) is 17.6 Å². The SMILES string of the molecule is C=C1CC2COC(=O)C2(Cc2ccc(C(=O)NC(C(=O)OC)C(C)C)cc2)C1. The Kier molecular flexibility index (Phi) is 5.59. The normalized spacial score (nSPS) is 24.6. The van der Waals surface area contributed by atoms with Crippen LogP contribution in [0, 0.1) is 17.3 Å². The first kappa shape index (κ1) is 20.1. The van der Waals surface area contributed by atoms with Gasteiger partial charge in [-0.2, -0.15) is 0 Å². The summed E-state index contributed by atoms with van der Waals surface area (Å²) < 4.78 is 10.1. The minimum absolute atomic E-state index is 0.0875. The van der Waals surface area contributed by atoms with Crippen LogP contribution in [0.3, 0.4) is 0 Å². The average molecular weight is 385 g/mol. The molecule has 28 heavy (non-hydrogen) atoms. The highest BCUT2D eigenvalue weighted by Crippen LogP contribution is 2.52. The predicted octanol–water partition coefficient (Wildman–Crippen LogP) is 2.67. The van der Waals surface area contributed by atoms with Crippen LogP contribution in [0.4, 0.5) is 0 Å². The summed E-state index contributed by atoms with van der Waals surface area (Å²) in [7, 11) is 1.30. The third kappa shape index (κ3) is 3.68. The van der Waals surface area contributed by atoms with Gasteiger partial charge in [-0.3, -0.25) is 9.59 Å². The molecule has 0 aromatic heterocycles. The lowest BCUT2D eigenvalue weighted by molar-refractivity contribution is -0.146. The van der Waals surface area contributed by atoms with Gasteiger partial charge < -0.3 is 14.8 Å². The lowest BCUT2D eigenvalue weighted by Crippen LogP contribution is -2.45. The molecule has 1 aromatic rings. The second-order valence-corrected chi connectivity index (χ2v) is 8.17. The van der Waals surface area contributed by atoms with Gasteiger partial charge in [-0.05, 0) is 42.9 Å². The molecule has 3 rings (SSSR count). The molecule has 1 N–H and O–H groups in total. The fraction of sp³-hybridized carbons (Fsp3) is 0.500. The zero-order valence-corrected chi connectivity index (χ0v) is 16.6. The number of fused-ring (bicyclic) bond motifs is 1. The molecule has 1 heterocycles. The van der Waals surface area contributed by atoms with E-state index in [1.54, 1.807) is 12.1 Å². The van der Waals surface area contributed by atoms with Gasteiger partial charge in [-0.25, -0.2) is 4.79 Å². The Balaban J connectivity index is 1.71. The van der Waals surface area contributed by atoms with Crippen molar-refractivity contribution in [2.24, 2.45) is 17.3 Å². The highest BCUT2D eigenvalue weighted by molar-refractivity contribution is 5.96. The van der Waals surface area contributed by atoms with Crippen LogP contribution < -0.4 is 5.32 Å². The van der Waals surface area contributed by atoms with Gasteiger partial charge >= 0.3 is 11.9 Å². The first-order chi connectivity index (χ1) is 13.3. The Bertz CT molecular complexity index is 798. The molecule has 0 spiro atoms. The van der Waals surface area contributed by atoms with Gasteiger partial charge in [0.2, 0.25) is 0 Å². The number of carbonyl (C=O) groups is 3. The highest BCUT2D eigenvalue weighted by atomic mass is 16.5. The molecule has 0 bridgehead atoms. The van der Waals surface area contributed by atoms with Gasteiger partial charge in [-0.15, -0.1) is 0 Å². The van der Waals surface area contributed by atoms with Crippen molar-refractivity contribution < 1.29 is 23.9 Å². The summed E-state index contributed by atoms with van der Waals surface area (Å²) in [4.78, 5) is 36.8. The average Bonchev–Trinajstić information content (AvgIpc) is 3.13. The smallest absolute Gasteiger partial charge is 0.328 e. The van der Waals surface area contributed by atoms with Gasteiger partial charge in [0.05, 0.1) is 19.1 Å².